The Morgan fingerprint density at radius 2 is 1.79 bits per heavy atom. The van der Waals surface area contributed by atoms with Gasteiger partial charge in [-0.25, -0.2) is 22.2 Å². The molecule has 1 heterocycles. The molecule has 0 aliphatic heterocycles. The maximum absolute atomic E-state index is 12.7. The predicted molar refractivity (Wildman–Crippen MR) is 123 cm³/mol. The van der Waals surface area contributed by atoms with Gasteiger partial charge in [0.2, 0.25) is 10.0 Å². The third-order valence-electron chi connectivity index (χ3n) is 4.73. The number of ether oxygens (including phenoxy) is 1. The summed E-state index contributed by atoms with van der Waals surface area (Å²) in [5.74, 6) is -1.51. The van der Waals surface area contributed by atoms with E-state index in [0.717, 1.165) is 4.31 Å². The first kappa shape index (κ1) is 24.1. The van der Waals surface area contributed by atoms with Crippen LogP contribution in [0.3, 0.4) is 0 Å². The van der Waals surface area contributed by atoms with E-state index in [0.29, 0.717) is 23.7 Å². The number of carbonyl (C=O) groups excluding carboxylic acids is 2. The standard InChI is InChI=1S/C22H24N4O6S/c1-4-12-26-21(28)18-11-6-5-10-17(18)20(24-26)22(29)32-14-19(27)23-15-8-7-9-16(13-15)33(30,31)25(2)3/h5-11,13H,4,12,14H2,1-3H3,(H,23,27). The van der Waals surface area contributed by atoms with Crippen molar-refractivity contribution in [2.45, 2.75) is 24.8 Å². The predicted octanol–water partition coefficient (Wildman–Crippen LogP) is 1.85. The molecular formula is C22H24N4O6S. The van der Waals surface area contributed by atoms with Gasteiger partial charge in [0.25, 0.3) is 11.5 Å². The molecule has 0 aliphatic carbocycles. The topological polar surface area (TPSA) is 128 Å². The fourth-order valence-electron chi connectivity index (χ4n) is 3.09. The van der Waals surface area contributed by atoms with Crippen molar-refractivity contribution in [2.75, 3.05) is 26.0 Å². The molecule has 11 heteroatoms. The van der Waals surface area contributed by atoms with Crippen molar-refractivity contribution in [1.82, 2.24) is 14.1 Å². The zero-order valence-corrected chi connectivity index (χ0v) is 19.3. The Morgan fingerprint density at radius 1 is 1.09 bits per heavy atom. The van der Waals surface area contributed by atoms with Crippen molar-refractivity contribution in [3.05, 3.63) is 64.6 Å². The average Bonchev–Trinajstić information content (AvgIpc) is 2.79. The van der Waals surface area contributed by atoms with Gasteiger partial charge < -0.3 is 10.1 Å². The number of hydrogen-bond donors (Lipinski definition) is 1. The van der Waals surface area contributed by atoms with E-state index in [1.54, 1.807) is 24.3 Å². The Bertz CT molecular complexity index is 1360. The highest BCUT2D eigenvalue weighted by Crippen LogP contribution is 2.18. The average molecular weight is 473 g/mol. The second kappa shape index (κ2) is 9.92. The molecule has 0 unspecified atom stereocenters. The number of benzene rings is 2. The number of rotatable bonds is 8. The Balaban J connectivity index is 1.76. The summed E-state index contributed by atoms with van der Waals surface area (Å²) in [5, 5.41) is 7.30. The molecule has 0 saturated carbocycles. The lowest BCUT2D eigenvalue weighted by molar-refractivity contribution is -0.119. The van der Waals surface area contributed by atoms with E-state index < -0.39 is 28.5 Å². The number of aromatic nitrogens is 2. The second-order valence-electron chi connectivity index (χ2n) is 7.36. The molecule has 3 rings (SSSR count). The number of sulfonamides is 1. The molecule has 0 bridgehead atoms. The van der Waals surface area contributed by atoms with Crippen LogP contribution in [0, 0.1) is 0 Å². The largest absolute Gasteiger partial charge is 0.451 e. The Kier molecular flexibility index (Phi) is 7.24. The summed E-state index contributed by atoms with van der Waals surface area (Å²) in [6.45, 7) is 1.59. The SMILES string of the molecule is CCCn1nc(C(=O)OCC(=O)Nc2cccc(S(=O)(=O)N(C)C)c2)c2ccccc2c1=O. The summed E-state index contributed by atoms with van der Waals surface area (Å²) in [6, 6.07) is 12.3. The lowest BCUT2D eigenvalue weighted by atomic mass is 10.1. The minimum absolute atomic E-state index is 0.0103. The molecule has 0 spiro atoms. The quantitative estimate of drug-likeness (QED) is 0.496. The maximum Gasteiger partial charge on any atom is 0.359 e. The van der Waals surface area contributed by atoms with E-state index >= 15 is 0 Å². The van der Waals surface area contributed by atoms with Crippen LogP contribution < -0.4 is 10.9 Å². The van der Waals surface area contributed by atoms with Gasteiger partial charge in [0.1, 0.15) is 0 Å². The van der Waals surface area contributed by atoms with Crippen LogP contribution in [-0.4, -0.2) is 55.1 Å². The Morgan fingerprint density at radius 3 is 2.45 bits per heavy atom. The van der Waals surface area contributed by atoms with Crippen LogP contribution >= 0.6 is 0 Å². The van der Waals surface area contributed by atoms with E-state index in [2.05, 4.69) is 10.4 Å². The number of amides is 1. The normalized spacial score (nSPS) is 11.5. The molecule has 0 saturated heterocycles. The highest BCUT2D eigenvalue weighted by molar-refractivity contribution is 7.89. The Labute approximate surface area is 190 Å². The van der Waals surface area contributed by atoms with Crippen LogP contribution in [0.25, 0.3) is 10.8 Å². The molecule has 33 heavy (non-hydrogen) atoms. The van der Waals surface area contributed by atoms with Gasteiger partial charge in [-0.05, 0) is 30.7 Å². The number of nitrogens with one attached hydrogen (secondary N) is 1. The van der Waals surface area contributed by atoms with Gasteiger partial charge in [-0.3, -0.25) is 9.59 Å². The first-order valence-electron chi connectivity index (χ1n) is 10.1. The highest BCUT2D eigenvalue weighted by atomic mass is 32.2. The molecule has 0 atom stereocenters. The fourth-order valence-corrected chi connectivity index (χ4v) is 4.04. The number of anilines is 1. The maximum atomic E-state index is 12.7. The lowest BCUT2D eigenvalue weighted by Gasteiger charge is -2.13. The molecule has 1 aromatic heterocycles. The first-order valence-corrected chi connectivity index (χ1v) is 11.6. The van der Waals surface area contributed by atoms with E-state index in [1.807, 2.05) is 6.92 Å². The smallest absolute Gasteiger partial charge is 0.359 e. The van der Waals surface area contributed by atoms with Crippen LogP contribution in [0.2, 0.25) is 0 Å². The van der Waals surface area contributed by atoms with Crippen LogP contribution in [0.5, 0.6) is 0 Å². The molecular weight excluding hydrogens is 448 g/mol. The zero-order valence-electron chi connectivity index (χ0n) is 18.4. The number of carbonyl (C=O) groups is 2. The number of aryl methyl sites for hydroxylation is 1. The molecule has 0 fully saturated rings. The van der Waals surface area contributed by atoms with Crippen molar-refractivity contribution in [3.63, 3.8) is 0 Å². The number of fused-ring (bicyclic) bond motifs is 1. The summed E-state index contributed by atoms with van der Waals surface area (Å²) in [4.78, 5) is 37.5. The minimum Gasteiger partial charge on any atom is -0.451 e. The van der Waals surface area contributed by atoms with Crippen molar-refractivity contribution in [1.29, 1.82) is 0 Å². The summed E-state index contributed by atoms with van der Waals surface area (Å²) in [5.41, 5.74) is -0.140. The number of hydrogen-bond acceptors (Lipinski definition) is 7. The summed E-state index contributed by atoms with van der Waals surface area (Å²) in [7, 11) is -0.861. The fraction of sp³-hybridized carbons (Fsp3) is 0.273. The van der Waals surface area contributed by atoms with Crippen molar-refractivity contribution in [3.8, 4) is 0 Å². The summed E-state index contributed by atoms with van der Waals surface area (Å²) in [6.07, 6.45) is 0.644. The van der Waals surface area contributed by atoms with Gasteiger partial charge in [-0.2, -0.15) is 5.10 Å². The van der Waals surface area contributed by atoms with Gasteiger partial charge in [0, 0.05) is 31.7 Å². The summed E-state index contributed by atoms with van der Waals surface area (Å²) >= 11 is 0. The zero-order chi connectivity index (χ0) is 24.2. The van der Waals surface area contributed by atoms with E-state index in [4.69, 9.17) is 4.74 Å². The Hall–Kier alpha value is -3.57. The first-order chi connectivity index (χ1) is 15.6. The van der Waals surface area contributed by atoms with Gasteiger partial charge in [0.05, 0.1) is 10.3 Å². The molecule has 10 nitrogen and oxygen atoms in total. The highest BCUT2D eigenvalue weighted by Gasteiger charge is 2.20. The van der Waals surface area contributed by atoms with Crippen LogP contribution in [0.1, 0.15) is 23.8 Å². The second-order valence-corrected chi connectivity index (χ2v) is 9.51. The lowest BCUT2D eigenvalue weighted by Crippen LogP contribution is -2.27. The van der Waals surface area contributed by atoms with Crippen LogP contribution in [0.15, 0.2) is 58.2 Å². The van der Waals surface area contributed by atoms with Gasteiger partial charge >= 0.3 is 5.97 Å². The van der Waals surface area contributed by atoms with Crippen molar-refractivity contribution < 1.29 is 22.7 Å². The number of nitrogens with zero attached hydrogens (tertiary/aromatic N) is 3. The minimum atomic E-state index is -3.67. The van der Waals surface area contributed by atoms with E-state index in [1.165, 1.54) is 43.0 Å². The van der Waals surface area contributed by atoms with E-state index in [9.17, 15) is 22.8 Å². The monoisotopic (exact) mass is 472 g/mol. The van der Waals surface area contributed by atoms with Gasteiger partial charge in [-0.15, -0.1) is 0 Å². The molecule has 2 aromatic carbocycles. The number of esters is 1. The van der Waals surface area contributed by atoms with Crippen molar-refractivity contribution >= 4 is 38.4 Å². The van der Waals surface area contributed by atoms with Gasteiger partial charge in [0.15, 0.2) is 12.3 Å². The molecule has 0 radical (unpaired) electrons. The molecule has 1 amide bonds. The molecule has 174 valence electrons. The van der Waals surface area contributed by atoms with Crippen molar-refractivity contribution in [2.24, 2.45) is 0 Å². The van der Waals surface area contributed by atoms with Gasteiger partial charge in [-0.1, -0.05) is 31.2 Å². The molecule has 3 aromatic rings. The molecule has 1 N–H and O–H groups in total. The third-order valence-corrected chi connectivity index (χ3v) is 6.54. The van der Waals surface area contributed by atoms with Crippen LogP contribution in [0.4, 0.5) is 5.69 Å². The van der Waals surface area contributed by atoms with E-state index in [-0.39, 0.29) is 21.8 Å². The third kappa shape index (κ3) is 5.26. The molecule has 0 aliphatic rings. The van der Waals surface area contributed by atoms with Crippen LogP contribution in [-0.2, 0) is 26.1 Å². The summed E-state index contributed by atoms with van der Waals surface area (Å²) < 4.78 is 31.9.